The normalized spacial score (nSPS) is 11.8. The number of nitrogens with two attached hydrogens (primary N) is 1. The topological polar surface area (TPSA) is 84.2 Å². The summed E-state index contributed by atoms with van der Waals surface area (Å²) in [5.41, 5.74) is 6.07. The van der Waals surface area contributed by atoms with Gasteiger partial charge in [0.05, 0.1) is 6.04 Å². The Morgan fingerprint density at radius 1 is 1.19 bits per heavy atom. The zero-order valence-corrected chi connectivity index (χ0v) is 12.2. The smallest absolute Gasteiger partial charge is 0.251 e. The van der Waals surface area contributed by atoms with E-state index < -0.39 is 6.04 Å². The molecule has 0 saturated carbocycles. The molecule has 0 heterocycles. The van der Waals surface area contributed by atoms with E-state index in [9.17, 15) is 14.0 Å². The van der Waals surface area contributed by atoms with E-state index in [0.29, 0.717) is 31.5 Å². The van der Waals surface area contributed by atoms with Crippen molar-refractivity contribution in [2.45, 2.75) is 32.2 Å². The second kappa shape index (κ2) is 9.07. The van der Waals surface area contributed by atoms with Crippen LogP contribution in [0.5, 0.6) is 0 Å². The van der Waals surface area contributed by atoms with Crippen molar-refractivity contribution < 1.29 is 14.0 Å². The quantitative estimate of drug-likeness (QED) is 0.630. The highest BCUT2D eigenvalue weighted by Crippen LogP contribution is 2.02. The van der Waals surface area contributed by atoms with Crippen molar-refractivity contribution >= 4 is 11.8 Å². The Labute approximate surface area is 124 Å². The average molecular weight is 295 g/mol. The molecular weight excluding hydrogens is 273 g/mol. The first-order valence-corrected chi connectivity index (χ1v) is 7.11. The van der Waals surface area contributed by atoms with Crippen LogP contribution in [0.15, 0.2) is 24.3 Å². The molecule has 0 aromatic heterocycles. The third-order valence-corrected chi connectivity index (χ3v) is 2.98. The van der Waals surface area contributed by atoms with Crippen molar-refractivity contribution in [3.05, 3.63) is 35.6 Å². The van der Waals surface area contributed by atoms with Gasteiger partial charge < -0.3 is 16.4 Å². The lowest BCUT2D eigenvalue weighted by molar-refractivity contribution is -0.122. The third-order valence-electron chi connectivity index (χ3n) is 2.98. The van der Waals surface area contributed by atoms with E-state index in [0.717, 1.165) is 6.42 Å². The molecule has 1 rings (SSSR count). The van der Waals surface area contributed by atoms with Gasteiger partial charge in [-0.1, -0.05) is 13.3 Å². The van der Waals surface area contributed by atoms with E-state index >= 15 is 0 Å². The molecule has 6 heteroatoms. The van der Waals surface area contributed by atoms with Crippen LogP contribution in [0, 0.1) is 5.82 Å². The van der Waals surface area contributed by atoms with Gasteiger partial charge in [0, 0.05) is 18.7 Å². The molecule has 1 atom stereocenters. The molecule has 1 unspecified atom stereocenters. The van der Waals surface area contributed by atoms with E-state index in [2.05, 4.69) is 10.6 Å². The van der Waals surface area contributed by atoms with Gasteiger partial charge in [-0.15, -0.1) is 0 Å². The zero-order chi connectivity index (χ0) is 15.7. The van der Waals surface area contributed by atoms with Crippen LogP contribution in [0.25, 0.3) is 0 Å². The number of hydrogen-bond acceptors (Lipinski definition) is 3. The summed E-state index contributed by atoms with van der Waals surface area (Å²) in [7, 11) is 0. The SMILES string of the molecule is CCCC(N)C(=O)NCCCNC(=O)c1ccc(F)cc1. The maximum atomic E-state index is 12.7. The van der Waals surface area contributed by atoms with E-state index in [4.69, 9.17) is 5.73 Å². The van der Waals surface area contributed by atoms with E-state index in [-0.39, 0.29) is 17.6 Å². The summed E-state index contributed by atoms with van der Waals surface area (Å²) in [6.45, 7) is 2.86. The first-order chi connectivity index (χ1) is 10.0. The predicted octanol–water partition coefficient (Wildman–Crippen LogP) is 1.19. The number of nitrogens with one attached hydrogen (secondary N) is 2. The van der Waals surface area contributed by atoms with Crippen LogP contribution in [-0.4, -0.2) is 30.9 Å². The van der Waals surface area contributed by atoms with Crippen LogP contribution in [0.1, 0.15) is 36.5 Å². The molecular formula is C15H22FN3O2. The fraction of sp³-hybridized carbons (Fsp3) is 0.467. The summed E-state index contributed by atoms with van der Waals surface area (Å²) in [6.07, 6.45) is 2.13. The Morgan fingerprint density at radius 2 is 1.81 bits per heavy atom. The minimum Gasteiger partial charge on any atom is -0.355 e. The van der Waals surface area contributed by atoms with Gasteiger partial charge in [-0.25, -0.2) is 4.39 Å². The Bertz CT molecular complexity index is 462. The first kappa shape index (κ1) is 17.1. The van der Waals surface area contributed by atoms with Crippen LogP contribution in [0.4, 0.5) is 4.39 Å². The molecule has 0 aliphatic carbocycles. The molecule has 0 radical (unpaired) electrons. The Balaban J connectivity index is 2.18. The van der Waals surface area contributed by atoms with Gasteiger partial charge in [-0.2, -0.15) is 0 Å². The monoisotopic (exact) mass is 295 g/mol. The van der Waals surface area contributed by atoms with Crippen molar-refractivity contribution in [2.24, 2.45) is 5.73 Å². The Morgan fingerprint density at radius 3 is 2.43 bits per heavy atom. The first-order valence-electron chi connectivity index (χ1n) is 7.11. The molecule has 0 fully saturated rings. The van der Waals surface area contributed by atoms with Gasteiger partial charge in [0.1, 0.15) is 5.82 Å². The molecule has 21 heavy (non-hydrogen) atoms. The maximum absolute atomic E-state index is 12.7. The van der Waals surface area contributed by atoms with Gasteiger partial charge in [0.25, 0.3) is 5.91 Å². The van der Waals surface area contributed by atoms with Crippen LogP contribution in [-0.2, 0) is 4.79 Å². The van der Waals surface area contributed by atoms with Crippen LogP contribution in [0.3, 0.4) is 0 Å². The highest BCUT2D eigenvalue weighted by atomic mass is 19.1. The molecule has 1 aromatic rings. The Kier molecular flexibility index (Phi) is 7.39. The minimum atomic E-state index is -0.469. The summed E-state index contributed by atoms with van der Waals surface area (Å²) in [5, 5.41) is 5.43. The Hall–Kier alpha value is -1.95. The molecule has 0 aliphatic heterocycles. The molecule has 2 amide bonds. The molecule has 0 saturated heterocycles. The molecule has 5 nitrogen and oxygen atoms in total. The van der Waals surface area contributed by atoms with Crippen molar-refractivity contribution in [1.29, 1.82) is 0 Å². The highest BCUT2D eigenvalue weighted by Gasteiger charge is 2.11. The molecule has 4 N–H and O–H groups in total. The van der Waals surface area contributed by atoms with E-state index in [1.165, 1.54) is 24.3 Å². The lowest BCUT2D eigenvalue weighted by Crippen LogP contribution is -2.41. The lowest BCUT2D eigenvalue weighted by atomic mass is 10.1. The van der Waals surface area contributed by atoms with Gasteiger partial charge in [0.2, 0.25) is 5.91 Å². The number of halogens is 1. The molecule has 0 aliphatic rings. The third kappa shape index (κ3) is 6.35. The zero-order valence-electron chi connectivity index (χ0n) is 12.2. The largest absolute Gasteiger partial charge is 0.355 e. The molecule has 116 valence electrons. The van der Waals surface area contributed by atoms with Crippen molar-refractivity contribution in [3.8, 4) is 0 Å². The minimum absolute atomic E-state index is 0.165. The van der Waals surface area contributed by atoms with Gasteiger partial charge >= 0.3 is 0 Å². The molecule has 0 bridgehead atoms. The number of amides is 2. The number of carbonyl (C=O) groups is 2. The number of hydrogen-bond donors (Lipinski definition) is 3. The summed E-state index contributed by atoms with van der Waals surface area (Å²) >= 11 is 0. The van der Waals surface area contributed by atoms with Gasteiger partial charge in [-0.05, 0) is 37.1 Å². The maximum Gasteiger partial charge on any atom is 0.251 e. The lowest BCUT2D eigenvalue weighted by Gasteiger charge is -2.11. The van der Waals surface area contributed by atoms with Crippen LogP contribution < -0.4 is 16.4 Å². The van der Waals surface area contributed by atoms with Gasteiger partial charge in [0.15, 0.2) is 0 Å². The second-order valence-electron chi connectivity index (χ2n) is 4.80. The van der Waals surface area contributed by atoms with Crippen molar-refractivity contribution in [2.75, 3.05) is 13.1 Å². The molecule has 0 spiro atoms. The highest BCUT2D eigenvalue weighted by molar-refractivity contribution is 5.94. The summed E-state index contributed by atoms with van der Waals surface area (Å²) in [4.78, 5) is 23.2. The van der Waals surface area contributed by atoms with Gasteiger partial charge in [-0.3, -0.25) is 9.59 Å². The summed E-state index contributed by atoms with van der Waals surface area (Å²) in [5.74, 6) is -0.802. The van der Waals surface area contributed by atoms with Crippen LogP contribution >= 0.6 is 0 Å². The number of carbonyl (C=O) groups excluding carboxylic acids is 2. The van der Waals surface area contributed by atoms with Crippen molar-refractivity contribution in [3.63, 3.8) is 0 Å². The summed E-state index contributed by atoms with van der Waals surface area (Å²) < 4.78 is 12.7. The van der Waals surface area contributed by atoms with Crippen molar-refractivity contribution in [1.82, 2.24) is 10.6 Å². The molecule has 1 aromatic carbocycles. The fourth-order valence-electron chi connectivity index (χ4n) is 1.78. The average Bonchev–Trinajstić information content (AvgIpc) is 2.47. The fourth-order valence-corrected chi connectivity index (χ4v) is 1.78. The second-order valence-corrected chi connectivity index (χ2v) is 4.80. The summed E-state index contributed by atoms with van der Waals surface area (Å²) in [6, 6.07) is 4.87. The van der Waals surface area contributed by atoms with E-state index in [1.54, 1.807) is 0 Å². The number of benzene rings is 1. The van der Waals surface area contributed by atoms with Crippen LogP contribution in [0.2, 0.25) is 0 Å². The standard InChI is InChI=1S/C15H22FN3O2/c1-2-4-13(17)15(21)19-10-3-9-18-14(20)11-5-7-12(16)8-6-11/h5-8,13H,2-4,9-10,17H2,1H3,(H,18,20)(H,19,21). The number of rotatable bonds is 8. The van der Waals surface area contributed by atoms with E-state index in [1.807, 2.05) is 6.92 Å². The predicted molar refractivity (Wildman–Crippen MR) is 79.2 cm³/mol.